The molecular weight excluding hydrogens is 896 g/mol. The van der Waals surface area contributed by atoms with E-state index in [9.17, 15) is 71.2 Å². The highest BCUT2D eigenvalue weighted by Gasteiger charge is 2.56. The predicted octanol–water partition coefficient (Wildman–Crippen LogP) is -4.68. The highest BCUT2D eigenvalue weighted by atomic mass is 16.8. The molecule has 67 heavy (non-hydrogen) atoms. The SMILES string of the molecule is CCCCCCCCCCCCC/C=C/[C@@H](O)[C@@H](N)CO[C@@H]1O[C@H](CO)[C@@H](O[C@@H]2O[C@H](O)[C@H](O[C@@H]3O[C@H](CO)[C@H](O)[C@H](O[C@@H]4O[C@H](CO)[C@H](O)[C@H](O)[C@H]4O)[C@H]3NC(C)=O)[C@H](O)[C@H]2O)[C@H](O)[C@H]1O. The van der Waals surface area contributed by atoms with Crippen molar-refractivity contribution >= 4 is 5.91 Å². The second-order valence-electron chi connectivity index (χ2n) is 17.8. The Morgan fingerprint density at radius 3 is 1.66 bits per heavy atom. The molecule has 0 spiro atoms. The molecule has 0 aromatic heterocycles. The molecule has 4 fully saturated rings. The van der Waals surface area contributed by atoms with Crippen molar-refractivity contribution in [3.8, 4) is 0 Å². The van der Waals surface area contributed by atoms with Gasteiger partial charge < -0.3 is 115 Å². The van der Waals surface area contributed by atoms with Crippen molar-refractivity contribution in [3.63, 3.8) is 0 Å². The van der Waals surface area contributed by atoms with E-state index in [0.29, 0.717) is 0 Å². The minimum absolute atomic E-state index is 0.335. The van der Waals surface area contributed by atoms with E-state index in [0.717, 1.165) is 32.6 Å². The van der Waals surface area contributed by atoms with Gasteiger partial charge in [-0.2, -0.15) is 0 Å². The highest BCUT2D eigenvalue weighted by molar-refractivity contribution is 5.73. The number of aliphatic hydroxyl groups excluding tert-OH is 13. The van der Waals surface area contributed by atoms with Crippen LogP contribution in [0, 0.1) is 0 Å². The van der Waals surface area contributed by atoms with Gasteiger partial charge in [-0.1, -0.05) is 83.3 Å². The van der Waals surface area contributed by atoms with E-state index in [2.05, 4.69) is 12.2 Å². The molecule has 4 rings (SSSR count). The summed E-state index contributed by atoms with van der Waals surface area (Å²) in [5.41, 5.74) is 6.11. The summed E-state index contributed by atoms with van der Waals surface area (Å²) < 4.78 is 44.9. The van der Waals surface area contributed by atoms with E-state index in [1.807, 2.05) is 6.08 Å². The molecule has 0 saturated carbocycles. The first-order chi connectivity index (χ1) is 32.0. The molecule has 0 aromatic carbocycles. The summed E-state index contributed by atoms with van der Waals surface area (Å²) in [6.45, 7) is 0.362. The maximum Gasteiger partial charge on any atom is 0.217 e. The predicted molar refractivity (Wildman–Crippen MR) is 229 cm³/mol. The topological polar surface area (TPSA) is 392 Å². The van der Waals surface area contributed by atoms with Gasteiger partial charge in [0, 0.05) is 6.92 Å². The lowest BCUT2D eigenvalue weighted by Gasteiger charge is -2.49. The molecule has 4 aliphatic heterocycles. The van der Waals surface area contributed by atoms with Gasteiger partial charge in [-0.15, -0.1) is 0 Å². The standard InChI is InChI=1S/C43H78N2O22/c1-3-4-5-6-7-8-9-10-11-12-13-14-15-16-23(50)22(44)20-60-41-34(57)31(54)36(26(19-48)63-41)64-43-35(58)32(55)38(39(59)67-43)66-40-27(45-21(2)49)37(29(52)25(18-47)61-40)65-42-33(56)30(53)28(51)24(17-46)62-42/h15-16,22-43,46-48,50-59H,3-14,17-20,44H2,1-2H3,(H,45,49)/b16-15+/t22-,23+,24+,25+,26+,27+,28-,29-,30-,31+,32+,33+,34+,35+,36+,37+,38+,39-,40-,41+,42-,43+/m0/s1. The third-order valence-electron chi connectivity index (χ3n) is 12.5. The molecule has 24 nitrogen and oxygen atoms in total. The zero-order valence-corrected chi connectivity index (χ0v) is 38.2. The van der Waals surface area contributed by atoms with Gasteiger partial charge >= 0.3 is 0 Å². The number of rotatable bonds is 27. The summed E-state index contributed by atoms with van der Waals surface area (Å²) in [7, 11) is 0. The molecule has 16 N–H and O–H groups in total. The van der Waals surface area contributed by atoms with Crippen LogP contribution in [0.2, 0.25) is 0 Å². The van der Waals surface area contributed by atoms with Crippen molar-refractivity contribution in [2.45, 2.75) is 226 Å². The van der Waals surface area contributed by atoms with Crippen molar-refractivity contribution < 1.29 is 109 Å². The fourth-order valence-electron chi connectivity index (χ4n) is 8.43. The molecule has 4 aliphatic rings. The number of unbranched alkanes of at least 4 members (excludes halogenated alkanes) is 11. The molecular formula is C43H78N2O22. The number of hydrogen-bond acceptors (Lipinski definition) is 23. The van der Waals surface area contributed by atoms with E-state index < -0.39 is 161 Å². The molecule has 0 radical (unpaired) electrons. The molecule has 392 valence electrons. The molecule has 4 saturated heterocycles. The van der Waals surface area contributed by atoms with Crippen LogP contribution >= 0.6 is 0 Å². The average Bonchev–Trinajstić information content (AvgIpc) is 3.30. The van der Waals surface area contributed by atoms with Crippen LogP contribution in [0.3, 0.4) is 0 Å². The third kappa shape index (κ3) is 16.2. The van der Waals surface area contributed by atoms with Crippen LogP contribution in [-0.2, 0) is 42.7 Å². The molecule has 0 unspecified atom stereocenters. The number of aliphatic hydroxyl groups is 13. The maximum absolute atomic E-state index is 12.4. The number of carbonyl (C=O) groups is 1. The number of hydrogen-bond donors (Lipinski definition) is 15. The second kappa shape index (κ2) is 29.0. The Labute approximate surface area is 390 Å². The first-order valence-corrected chi connectivity index (χ1v) is 23.5. The van der Waals surface area contributed by atoms with Crippen LogP contribution in [0.4, 0.5) is 0 Å². The smallest absolute Gasteiger partial charge is 0.217 e. The molecule has 24 heteroatoms. The summed E-state index contributed by atoms with van der Waals surface area (Å²) in [6, 6.07) is -2.58. The van der Waals surface area contributed by atoms with Gasteiger partial charge in [0.15, 0.2) is 31.5 Å². The minimum atomic E-state index is -2.20. The average molecular weight is 975 g/mol. The Balaban J connectivity index is 1.30. The maximum atomic E-state index is 12.4. The number of allylic oxidation sites excluding steroid dienone is 1. The second-order valence-corrected chi connectivity index (χ2v) is 17.8. The quantitative estimate of drug-likeness (QED) is 0.0272. The minimum Gasteiger partial charge on any atom is -0.394 e. The van der Waals surface area contributed by atoms with Crippen LogP contribution in [0.15, 0.2) is 12.2 Å². The normalized spacial score (nSPS) is 40.5. The Kier molecular flexibility index (Phi) is 25.1. The van der Waals surface area contributed by atoms with Crippen molar-refractivity contribution in [2.75, 3.05) is 26.4 Å². The lowest BCUT2D eigenvalue weighted by molar-refractivity contribution is -0.399. The zero-order chi connectivity index (χ0) is 49.4. The van der Waals surface area contributed by atoms with Gasteiger partial charge in [0.25, 0.3) is 0 Å². The Bertz CT molecular complexity index is 1420. The lowest BCUT2D eigenvalue weighted by atomic mass is 9.95. The van der Waals surface area contributed by atoms with Crippen LogP contribution < -0.4 is 11.1 Å². The fraction of sp³-hybridized carbons (Fsp3) is 0.930. The Morgan fingerprint density at radius 2 is 1.06 bits per heavy atom. The largest absolute Gasteiger partial charge is 0.394 e. The molecule has 0 bridgehead atoms. The van der Waals surface area contributed by atoms with E-state index in [-0.39, 0.29) is 6.61 Å². The molecule has 4 heterocycles. The highest BCUT2D eigenvalue weighted by Crippen LogP contribution is 2.34. The fourth-order valence-corrected chi connectivity index (χ4v) is 8.43. The number of amides is 1. The first-order valence-electron chi connectivity index (χ1n) is 23.5. The van der Waals surface area contributed by atoms with Crippen molar-refractivity contribution in [1.29, 1.82) is 0 Å². The van der Waals surface area contributed by atoms with Gasteiger partial charge in [-0.3, -0.25) is 4.79 Å². The van der Waals surface area contributed by atoms with Gasteiger partial charge in [0.05, 0.1) is 38.6 Å². The Hall–Kier alpha value is -1.67. The summed E-state index contributed by atoms with van der Waals surface area (Å²) >= 11 is 0. The number of carbonyl (C=O) groups excluding carboxylic acids is 1. The van der Waals surface area contributed by atoms with E-state index in [4.69, 9.17) is 43.6 Å². The third-order valence-corrected chi connectivity index (χ3v) is 12.5. The molecule has 0 aromatic rings. The number of ether oxygens (including phenoxy) is 8. The van der Waals surface area contributed by atoms with Crippen molar-refractivity contribution in [3.05, 3.63) is 12.2 Å². The summed E-state index contributed by atoms with van der Waals surface area (Å²) in [4.78, 5) is 12.4. The van der Waals surface area contributed by atoms with E-state index in [1.165, 1.54) is 51.4 Å². The first kappa shape index (κ1) is 57.9. The molecule has 1 amide bonds. The van der Waals surface area contributed by atoms with Crippen molar-refractivity contribution in [1.82, 2.24) is 5.32 Å². The molecule has 0 aliphatic carbocycles. The van der Waals surface area contributed by atoms with Gasteiger partial charge in [0.1, 0.15) is 91.5 Å². The molecule has 22 atom stereocenters. The number of nitrogens with one attached hydrogen (secondary N) is 1. The van der Waals surface area contributed by atoms with E-state index in [1.54, 1.807) is 6.08 Å². The van der Waals surface area contributed by atoms with Crippen LogP contribution in [0.25, 0.3) is 0 Å². The van der Waals surface area contributed by atoms with Crippen molar-refractivity contribution in [2.24, 2.45) is 5.73 Å². The zero-order valence-electron chi connectivity index (χ0n) is 38.2. The Morgan fingerprint density at radius 1 is 0.582 bits per heavy atom. The van der Waals surface area contributed by atoms with Crippen LogP contribution in [0.5, 0.6) is 0 Å². The van der Waals surface area contributed by atoms with Crippen LogP contribution in [0.1, 0.15) is 90.9 Å². The van der Waals surface area contributed by atoms with Gasteiger partial charge in [-0.05, 0) is 12.8 Å². The van der Waals surface area contributed by atoms with Gasteiger partial charge in [-0.25, -0.2) is 0 Å². The summed E-state index contributed by atoms with van der Waals surface area (Å²) in [5, 5.41) is 140. The van der Waals surface area contributed by atoms with Gasteiger partial charge in [0.2, 0.25) is 5.91 Å². The summed E-state index contributed by atoms with van der Waals surface area (Å²) in [5.74, 6) is -0.770. The van der Waals surface area contributed by atoms with E-state index >= 15 is 0 Å². The lowest BCUT2D eigenvalue weighted by Crippen LogP contribution is -2.70. The number of nitrogens with two attached hydrogens (primary N) is 1. The summed E-state index contributed by atoms with van der Waals surface area (Å²) in [6.07, 6.45) is -18.3. The van der Waals surface area contributed by atoms with Crippen LogP contribution in [-0.4, -0.2) is 234 Å². The monoisotopic (exact) mass is 975 g/mol.